The maximum Gasteiger partial charge on any atom is 0.188 e. The fourth-order valence-corrected chi connectivity index (χ4v) is 1.73. The van der Waals surface area contributed by atoms with Gasteiger partial charge in [-0.25, -0.2) is 0 Å². The monoisotopic (exact) mass is 268 g/mol. The molecule has 0 fully saturated rings. The summed E-state index contributed by atoms with van der Waals surface area (Å²) in [4.78, 5) is 17.9. The first kappa shape index (κ1) is 13.8. The molecule has 0 aliphatic carbocycles. The zero-order valence-corrected chi connectivity index (χ0v) is 11.4. The van der Waals surface area contributed by atoms with Gasteiger partial charge in [-0.05, 0) is 23.8 Å². The number of hydrogen-bond acceptors (Lipinski definition) is 4. The highest BCUT2D eigenvalue weighted by Gasteiger charge is 2.06. The van der Waals surface area contributed by atoms with E-state index in [1.54, 1.807) is 41.6 Å². The lowest BCUT2D eigenvalue weighted by atomic mass is 10.0. The second kappa shape index (κ2) is 6.02. The van der Waals surface area contributed by atoms with Crippen LogP contribution in [0.5, 0.6) is 5.75 Å². The van der Waals surface area contributed by atoms with Gasteiger partial charge in [-0.3, -0.25) is 9.78 Å². The summed E-state index contributed by atoms with van der Waals surface area (Å²) in [6.45, 7) is 0. The normalized spacial score (nSPS) is 10.7. The first-order valence-corrected chi connectivity index (χ1v) is 6.19. The first-order chi connectivity index (χ1) is 9.56. The van der Waals surface area contributed by atoms with Gasteiger partial charge in [0.1, 0.15) is 5.75 Å². The van der Waals surface area contributed by atoms with Crippen LogP contribution in [-0.2, 0) is 0 Å². The van der Waals surface area contributed by atoms with Gasteiger partial charge >= 0.3 is 0 Å². The topological polar surface area (TPSA) is 53.4 Å². The quantitative estimate of drug-likeness (QED) is 0.684. The van der Waals surface area contributed by atoms with Crippen molar-refractivity contribution in [2.75, 3.05) is 14.1 Å². The molecule has 1 aromatic carbocycles. The number of ketones is 1. The van der Waals surface area contributed by atoms with Gasteiger partial charge in [0, 0.05) is 49.9 Å². The molecule has 1 aromatic heterocycles. The van der Waals surface area contributed by atoms with Gasteiger partial charge in [0.05, 0.1) is 0 Å². The van der Waals surface area contributed by atoms with Gasteiger partial charge in [0.2, 0.25) is 0 Å². The molecule has 1 heterocycles. The van der Waals surface area contributed by atoms with E-state index in [-0.39, 0.29) is 11.5 Å². The van der Waals surface area contributed by atoms with Crippen molar-refractivity contribution in [2.45, 2.75) is 0 Å². The molecule has 0 amide bonds. The van der Waals surface area contributed by atoms with Crippen molar-refractivity contribution in [3.05, 3.63) is 60.6 Å². The summed E-state index contributed by atoms with van der Waals surface area (Å²) >= 11 is 0. The molecule has 0 spiro atoms. The van der Waals surface area contributed by atoms with E-state index in [9.17, 15) is 9.90 Å². The maximum atomic E-state index is 12.0. The van der Waals surface area contributed by atoms with Crippen LogP contribution >= 0.6 is 0 Å². The third-order valence-electron chi connectivity index (χ3n) is 2.73. The first-order valence-electron chi connectivity index (χ1n) is 6.19. The van der Waals surface area contributed by atoms with Crippen LogP contribution in [0.1, 0.15) is 10.4 Å². The lowest BCUT2D eigenvalue weighted by Crippen LogP contribution is -2.03. The second-order valence-electron chi connectivity index (χ2n) is 4.66. The molecule has 2 rings (SSSR count). The predicted molar refractivity (Wildman–Crippen MR) is 78.5 cm³/mol. The Morgan fingerprint density at radius 1 is 1.20 bits per heavy atom. The highest BCUT2D eigenvalue weighted by Crippen LogP contribution is 2.23. The lowest BCUT2D eigenvalue weighted by Gasteiger charge is -2.05. The number of aromatic hydroxyl groups is 1. The van der Waals surface area contributed by atoms with Crippen molar-refractivity contribution in [1.29, 1.82) is 0 Å². The molecule has 4 nitrogen and oxygen atoms in total. The highest BCUT2D eigenvalue weighted by molar-refractivity contribution is 6.04. The zero-order chi connectivity index (χ0) is 14.5. The number of carbonyl (C=O) groups is 1. The fraction of sp³-hybridized carbons (Fsp3) is 0.125. The van der Waals surface area contributed by atoms with Crippen molar-refractivity contribution in [3.8, 4) is 16.9 Å². The number of nitrogens with zero attached hydrogens (tertiary/aromatic N) is 2. The maximum absolute atomic E-state index is 12.0. The van der Waals surface area contributed by atoms with Crippen LogP contribution in [0.15, 0.2) is 55.0 Å². The largest absolute Gasteiger partial charge is 0.508 e. The van der Waals surface area contributed by atoms with Crippen LogP contribution in [0.2, 0.25) is 0 Å². The molecule has 0 saturated heterocycles. The Labute approximate surface area is 118 Å². The number of pyridine rings is 1. The molecule has 20 heavy (non-hydrogen) atoms. The third kappa shape index (κ3) is 3.45. The van der Waals surface area contributed by atoms with Crippen molar-refractivity contribution in [3.63, 3.8) is 0 Å². The molecule has 0 aliphatic rings. The summed E-state index contributed by atoms with van der Waals surface area (Å²) < 4.78 is 0. The Bertz CT molecular complexity index is 648. The minimum Gasteiger partial charge on any atom is -0.508 e. The summed E-state index contributed by atoms with van der Waals surface area (Å²) in [5.74, 6) is 0.0833. The number of hydrogen-bond donors (Lipinski definition) is 1. The van der Waals surface area contributed by atoms with Gasteiger partial charge in [0.25, 0.3) is 0 Å². The van der Waals surface area contributed by atoms with E-state index in [1.807, 2.05) is 20.2 Å². The average molecular weight is 268 g/mol. The Morgan fingerprint density at radius 3 is 2.70 bits per heavy atom. The molecule has 0 radical (unpaired) electrons. The second-order valence-corrected chi connectivity index (χ2v) is 4.66. The lowest BCUT2D eigenvalue weighted by molar-refractivity contribution is 0.104. The molecule has 102 valence electrons. The van der Waals surface area contributed by atoms with Crippen molar-refractivity contribution in [1.82, 2.24) is 9.88 Å². The smallest absolute Gasteiger partial charge is 0.188 e. The third-order valence-corrected chi connectivity index (χ3v) is 2.73. The van der Waals surface area contributed by atoms with Crippen LogP contribution in [0.25, 0.3) is 11.1 Å². The van der Waals surface area contributed by atoms with E-state index < -0.39 is 0 Å². The molecule has 2 aromatic rings. The van der Waals surface area contributed by atoms with E-state index in [1.165, 1.54) is 12.3 Å². The Kier molecular flexibility index (Phi) is 4.15. The number of carbonyl (C=O) groups excluding carboxylic acids is 1. The van der Waals surface area contributed by atoms with Crippen molar-refractivity contribution in [2.24, 2.45) is 0 Å². The van der Waals surface area contributed by atoms with Gasteiger partial charge in [-0.2, -0.15) is 0 Å². The molecule has 4 heteroatoms. The summed E-state index contributed by atoms with van der Waals surface area (Å²) in [6.07, 6.45) is 6.41. The van der Waals surface area contributed by atoms with Gasteiger partial charge in [0.15, 0.2) is 5.78 Å². The number of phenols is 1. The van der Waals surface area contributed by atoms with Gasteiger partial charge in [-0.15, -0.1) is 0 Å². The fourth-order valence-electron chi connectivity index (χ4n) is 1.73. The van der Waals surface area contributed by atoms with Crippen LogP contribution in [-0.4, -0.2) is 34.9 Å². The highest BCUT2D eigenvalue weighted by atomic mass is 16.3. The predicted octanol–water partition coefficient (Wildman–Crippen LogP) is 2.71. The molecule has 0 unspecified atom stereocenters. The molecule has 0 aliphatic heterocycles. The molecule has 1 N–H and O–H groups in total. The van der Waals surface area contributed by atoms with Gasteiger partial charge in [-0.1, -0.05) is 12.1 Å². The van der Waals surface area contributed by atoms with Crippen LogP contribution in [0.4, 0.5) is 0 Å². The Hall–Kier alpha value is -2.62. The number of allylic oxidation sites excluding steroid dienone is 1. The van der Waals surface area contributed by atoms with Crippen molar-refractivity contribution < 1.29 is 9.90 Å². The van der Waals surface area contributed by atoms with Crippen LogP contribution in [0, 0.1) is 0 Å². The molecule has 0 saturated carbocycles. The van der Waals surface area contributed by atoms with Gasteiger partial charge < -0.3 is 10.0 Å². The number of phenolic OH excluding ortho intramolecular Hbond substituents is 1. The molecule has 0 bridgehead atoms. The number of rotatable bonds is 4. The summed E-state index contributed by atoms with van der Waals surface area (Å²) in [5, 5.41) is 9.49. The molecular weight excluding hydrogens is 252 g/mol. The number of aromatic nitrogens is 1. The van der Waals surface area contributed by atoms with Crippen LogP contribution in [0.3, 0.4) is 0 Å². The zero-order valence-electron chi connectivity index (χ0n) is 11.4. The van der Waals surface area contributed by atoms with E-state index in [0.717, 1.165) is 11.1 Å². The minimum atomic E-state index is -0.104. The summed E-state index contributed by atoms with van der Waals surface area (Å²) in [5.41, 5.74) is 2.14. The summed E-state index contributed by atoms with van der Waals surface area (Å²) in [6, 6.07) is 8.63. The van der Waals surface area contributed by atoms with E-state index in [0.29, 0.717) is 5.56 Å². The van der Waals surface area contributed by atoms with E-state index in [4.69, 9.17) is 0 Å². The summed E-state index contributed by atoms with van der Waals surface area (Å²) in [7, 11) is 3.70. The molecule has 0 atom stereocenters. The molecular formula is C16H16N2O2. The standard InChI is InChI=1S/C16H16N2O2/c1-18(2)7-6-16(20)14-8-13(10-17-11-14)12-4-3-5-15(19)9-12/h3-11,19H,1-2H3/b7-6+. The average Bonchev–Trinajstić information content (AvgIpc) is 2.45. The van der Waals surface area contributed by atoms with Crippen LogP contribution < -0.4 is 0 Å². The SMILES string of the molecule is CN(C)/C=C/C(=O)c1cncc(-c2cccc(O)c2)c1. The minimum absolute atomic E-state index is 0.104. The Balaban J connectivity index is 2.31. The number of benzene rings is 1. The van der Waals surface area contributed by atoms with E-state index in [2.05, 4.69) is 4.98 Å². The Morgan fingerprint density at radius 2 is 2.00 bits per heavy atom. The van der Waals surface area contributed by atoms with E-state index >= 15 is 0 Å². The van der Waals surface area contributed by atoms with Crippen molar-refractivity contribution >= 4 is 5.78 Å².